The number of alkyl halides is 1. The number of amides is 1. The molecule has 2 aliphatic rings. The van der Waals surface area contributed by atoms with Crippen LogP contribution in [0.15, 0.2) is 53.0 Å². The number of hydrogen-bond donors (Lipinski definition) is 0. The zero-order valence-corrected chi connectivity index (χ0v) is 19.2. The highest BCUT2D eigenvalue weighted by atomic mass is 79.9. The summed E-state index contributed by atoms with van der Waals surface area (Å²) < 4.78 is 34.2. The molecule has 4 rings (SSSR count). The number of nitrogens with zero attached hydrogens (tertiary/aromatic N) is 2. The average Bonchev–Trinajstić information content (AvgIpc) is 3.18. The first-order valence-electron chi connectivity index (χ1n) is 10.7. The maximum atomic E-state index is 13.6. The molecule has 31 heavy (non-hydrogen) atoms. The lowest BCUT2D eigenvalue weighted by molar-refractivity contribution is -0.0687. The van der Waals surface area contributed by atoms with E-state index in [1.165, 1.54) is 12.1 Å². The maximum Gasteiger partial charge on any atom is 0.411 e. The molecule has 0 aliphatic carbocycles. The second-order valence-corrected chi connectivity index (χ2v) is 9.39. The van der Waals surface area contributed by atoms with Crippen LogP contribution in [0.2, 0.25) is 0 Å². The largest absolute Gasteiger partial charge is 0.438 e. The third kappa shape index (κ3) is 4.93. The summed E-state index contributed by atoms with van der Waals surface area (Å²) in [5.74, 6) is -0.327. The lowest BCUT2D eigenvalue weighted by Gasteiger charge is -2.44. The molecule has 7 heteroatoms. The second-order valence-electron chi connectivity index (χ2n) is 8.48. The van der Waals surface area contributed by atoms with Crippen molar-refractivity contribution in [2.75, 3.05) is 26.2 Å². The van der Waals surface area contributed by atoms with E-state index < -0.39 is 11.8 Å². The van der Waals surface area contributed by atoms with Gasteiger partial charge in [0, 0.05) is 43.5 Å². The molecule has 166 valence electrons. The van der Waals surface area contributed by atoms with Crippen LogP contribution >= 0.6 is 15.9 Å². The molecule has 2 aromatic carbocycles. The van der Waals surface area contributed by atoms with E-state index in [2.05, 4.69) is 20.8 Å². The first-order chi connectivity index (χ1) is 14.9. The highest BCUT2D eigenvalue weighted by Gasteiger charge is 2.44. The van der Waals surface area contributed by atoms with Gasteiger partial charge in [0.15, 0.2) is 0 Å². The molecular weight excluding hydrogens is 466 g/mol. The number of cyclic esters (lactones) is 1. The molecule has 0 unspecified atom stereocenters. The van der Waals surface area contributed by atoms with E-state index in [-0.39, 0.29) is 18.0 Å². The van der Waals surface area contributed by atoms with Crippen LogP contribution in [-0.2, 0) is 10.3 Å². The fraction of sp³-hybridized carbons (Fsp3) is 0.458. The van der Waals surface area contributed by atoms with Crippen molar-refractivity contribution in [1.29, 1.82) is 0 Å². The van der Waals surface area contributed by atoms with Gasteiger partial charge in [0.2, 0.25) is 0 Å². The summed E-state index contributed by atoms with van der Waals surface area (Å²) in [6.07, 6.45) is 0.520. The van der Waals surface area contributed by atoms with E-state index in [0.717, 1.165) is 15.6 Å². The number of halogens is 3. The summed E-state index contributed by atoms with van der Waals surface area (Å²) in [5.41, 5.74) is 0.976. The third-order valence-electron chi connectivity index (χ3n) is 6.51. The Kier molecular flexibility index (Phi) is 6.63. The predicted molar refractivity (Wildman–Crippen MR) is 119 cm³/mol. The lowest BCUT2D eigenvalue weighted by atomic mass is 9.85. The Morgan fingerprint density at radius 1 is 1.16 bits per heavy atom. The molecule has 0 bridgehead atoms. The predicted octanol–water partition coefficient (Wildman–Crippen LogP) is 5.82. The summed E-state index contributed by atoms with van der Waals surface area (Å²) in [4.78, 5) is 16.9. The van der Waals surface area contributed by atoms with Gasteiger partial charge < -0.3 is 14.5 Å². The van der Waals surface area contributed by atoms with Gasteiger partial charge in [-0.3, -0.25) is 0 Å². The van der Waals surface area contributed by atoms with Gasteiger partial charge in [0.1, 0.15) is 17.6 Å². The van der Waals surface area contributed by atoms with Crippen molar-refractivity contribution in [3.63, 3.8) is 0 Å². The van der Waals surface area contributed by atoms with Crippen molar-refractivity contribution in [3.05, 3.63) is 69.9 Å². The minimum Gasteiger partial charge on any atom is -0.438 e. The molecule has 0 spiro atoms. The van der Waals surface area contributed by atoms with Crippen molar-refractivity contribution in [2.24, 2.45) is 0 Å². The van der Waals surface area contributed by atoms with E-state index in [9.17, 15) is 13.6 Å². The standard InChI is InChI=1S/C24H27BrF2N2O2/c1-17(18-2-6-20(25)7-3-18)29-15-12-24(31-23(29)30,19-4-8-21(26)9-5-19)11-14-28-13-10-22(27)16-28/h2-9,17,22H,10-16H2,1H3/t17-,22-,24+/m0/s1. The lowest BCUT2D eigenvalue weighted by Crippen LogP contribution is -2.49. The van der Waals surface area contributed by atoms with Crippen molar-refractivity contribution >= 4 is 22.0 Å². The van der Waals surface area contributed by atoms with E-state index in [1.807, 2.05) is 31.2 Å². The fourth-order valence-electron chi connectivity index (χ4n) is 4.55. The highest BCUT2D eigenvalue weighted by molar-refractivity contribution is 9.10. The molecule has 3 atom stereocenters. The first-order valence-corrected chi connectivity index (χ1v) is 11.5. The van der Waals surface area contributed by atoms with Gasteiger partial charge >= 0.3 is 6.09 Å². The summed E-state index contributed by atoms with van der Waals surface area (Å²) >= 11 is 3.44. The van der Waals surface area contributed by atoms with Crippen LogP contribution in [0.1, 0.15) is 43.4 Å². The molecule has 2 fully saturated rings. The Morgan fingerprint density at radius 3 is 2.48 bits per heavy atom. The zero-order chi connectivity index (χ0) is 22.0. The minimum absolute atomic E-state index is 0.127. The summed E-state index contributed by atoms with van der Waals surface area (Å²) in [6, 6.07) is 13.9. The molecule has 0 radical (unpaired) electrons. The van der Waals surface area contributed by atoms with Gasteiger partial charge in [-0.1, -0.05) is 40.2 Å². The van der Waals surface area contributed by atoms with Crippen LogP contribution < -0.4 is 0 Å². The smallest absolute Gasteiger partial charge is 0.411 e. The summed E-state index contributed by atoms with van der Waals surface area (Å²) in [6.45, 7) is 4.27. The molecular formula is C24H27BrF2N2O2. The van der Waals surface area contributed by atoms with Gasteiger partial charge in [-0.25, -0.2) is 13.6 Å². The molecule has 0 N–H and O–H groups in total. The summed E-state index contributed by atoms with van der Waals surface area (Å²) in [7, 11) is 0. The monoisotopic (exact) mass is 492 g/mol. The van der Waals surface area contributed by atoms with Gasteiger partial charge in [-0.15, -0.1) is 0 Å². The molecule has 2 heterocycles. The SMILES string of the molecule is C[C@@H](c1ccc(Br)cc1)N1CC[C@](CCN2CC[C@H](F)C2)(c2ccc(F)cc2)OC1=O. The van der Waals surface area contributed by atoms with E-state index in [1.54, 1.807) is 17.0 Å². The normalized spacial score (nSPS) is 25.5. The molecule has 2 aliphatic heterocycles. The number of hydrogen-bond acceptors (Lipinski definition) is 3. The molecule has 1 amide bonds. The average molecular weight is 493 g/mol. The quantitative estimate of drug-likeness (QED) is 0.509. The number of rotatable bonds is 6. The zero-order valence-electron chi connectivity index (χ0n) is 17.6. The Labute approximate surface area is 190 Å². The Morgan fingerprint density at radius 2 is 1.87 bits per heavy atom. The van der Waals surface area contributed by atoms with E-state index in [0.29, 0.717) is 45.4 Å². The van der Waals surface area contributed by atoms with Crippen molar-refractivity contribution in [2.45, 2.75) is 44.0 Å². The van der Waals surface area contributed by atoms with Crippen LogP contribution in [-0.4, -0.2) is 48.2 Å². The Balaban J connectivity index is 1.53. The number of carbonyl (C=O) groups is 1. The number of ether oxygens (including phenoxy) is 1. The van der Waals surface area contributed by atoms with Gasteiger partial charge in [0.25, 0.3) is 0 Å². The van der Waals surface area contributed by atoms with Gasteiger partial charge in [-0.2, -0.15) is 0 Å². The van der Waals surface area contributed by atoms with E-state index >= 15 is 0 Å². The van der Waals surface area contributed by atoms with Crippen LogP contribution in [0.4, 0.5) is 13.6 Å². The van der Waals surface area contributed by atoms with Gasteiger partial charge in [-0.05, 0) is 48.7 Å². The Bertz CT molecular complexity index is 909. The molecule has 4 nitrogen and oxygen atoms in total. The Hall–Kier alpha value is -1.99. The molecule has 0 aromatic heterocycles. The van der Waals surface area contributed by atoms with Crippen LogP contribution in [0.25, 0.3) is 0 Å². The van der Waals surface area contributed by atoms with Crippen molar-refractivity contribution < 1.29 is 18.3 Å². The fourth-order valence-corrected chi connectivity index (χ4v) is 4.81. The van der Waals surface area contributed by atoms with Crippen LogP contribution in [0.3, 0.4) is 0 Å². The van der Waals surface area contributed by atoms with Crippen molar-refractivity contribution in [3.8, 4) is 0 Å². The molecule has 2 saturated heterocycles. The van der Waals surface area contributed by atoms with Gasteiger partial charge in [0.05, 0.1) is 6.04 Å². The number of benzene rings is 2. The molecule has 0 saturated carbocycles. The first kappa shape index (κ1) is 22.2. The highest BCUT2D eigenvalue weighted by Crippen LogP contribution is 2.40. The second kappa shape index (κ2) is 9.25. The third-order valence-corrected chi connectivity index (χ3v) is 7.04. The minimum atomic E-state index is -0.838. The number of carbonyl (C=O) groups excluding carboxylic acids is 1. The number of likely N-dealkylation sites (tertiary alicyclic amines) is 1. The van der Waals surface area contributed by atoms with Crippen molar-refractivity contribution in [1.82, 2.24) is 9.80 Å². The summed E-state index contributed by atoms with van der Waals surface area (Å²) in [5, 5.41) is 0. The van der Waals surface area contributed by atoms with E-state index in [4.69, 9.17) is 4.74 Å². The van der Waals surface area contributed by atoms with Crippen LogP contribution in [0.5, 0.6) is 0 Å². The van der Waals surface area contributed by atoms with Crippen LogP contribution in [0, 0.1) is 5.82 Å². The topological polar surface area (TPSA) is 32.8 Å². The molecule has 2 aromatic rings. The maximum absolute atomic E-state index is 13.6.